The van der Waals surface area contributed by atoms with Gasteiger partial charge in [-0.25, -0.2) is 0 Å². The summed E-state index contributed by atoms with van der Waals surface area (Å²) in [7, 11) is 1.61. The highest BCUT2D eigenvalue weighted by molar-refractivity contribution is 5.98. The van der Waals surface area contributed by atoms with Crippen LogP contribution in [0.4, 0.5) is 5.69 Å². The summed E-state index contributed by atoms with van der Waals surface area (Å²) >= 11 is 0. The zero-order valence-corrected chi connectivity index (χ0v) is 16.3. The molecule has 8 heteroatoms. The number of rotatable bonds is 7. The third-order valence-electron chi connectivity index (χ3n) is 4.50. The Hall–Kier alpha value is -3.55. The molecule has 3 aromatic rings. The van der Waals surface area contributed by atoms with E-state index in [1.54, 1.807) is 24.1 Å². The van der Waals surface area contributed by atoms with Crippen LogP contribution in [-0.2, 0) is 11.4 Å². The number of anilines is 1. The predicted octanol–water partition coefficient (Wildman–Crippen LogP) is 3.46. The third-order valence-corrected chi connectivity index (χ3v) is 4.50. The number of carbonyl (C=O) groups is 1. The monoisotopic (exact) mass is 395 g/mol. The molecule has 0 atom stereocenters. The van der Waals surface area contributed by atoms with Crippen LogP contribution in [0.3, 0.4) is 0 Å². The maximum Gasteiger partial charge on any atom is 0.265 e. The topological polar surface area (TPSA) is 86.9 Å². The van der Waals surface area contributed by atoms with E-state index in [2.05, 4.69) is 10.1 Å². The van der Waals surface area contributed by atoms with Crippen LogP contribution in [0.15, 0.2) is 47.0 Å². The molecule has 0 aliphatic carbocycles. The van der Waals surface area contributed by atoms with Gasteiger partial charge in [-0.05, 0) is 48.9 Å². The van der Waals surface area contributed by atoms with E-state index in [-0.39, 0.29) is 19.1 Å². The average Bonchev–Trinajstić information content (AvgIpc) is 3.23. The molecular weight excluding hydrogens is 374 g/mol. The maximum absolute atomic E-state index is 12.2. The third kappa shape index (κ3) is 4.01. The number of ether oxygens (including phenoxy) is 3. The first-order chi connectivity index (χ1) is 14.2. The molecule has 2 aromatic carbocycles. The van der Waals surface area contributed by atoms with E-state index in [0.717, 1.165) is 23.4 Å². The van der Waals surface area contributed by atoms with E-state index < -0.39 is 0 Å². The number of fused-ring (bicyclic) bond motifs is 1. The van der Waals surface area contributed by atoms with Crippen molar-refractivity contribution in [3.05, 3.63) is 48.4 Å². The Kier molecular flexibility index (Phi) is 5.33. The minimum atomic E-state index is -0.0572. The Morgan fingerprint density at radius 2 is 1.93 bits per heavy atom. The molecule has 0 fully saturated rings. The molecule has 1 aromatic heterocycles. The van der Waals surface area contributed by atoms with Crippen LogP contribution >= 0.6 is 0 Å². The van der Waals surface area contributed by atoms with Gasteiger partial charge >= 0.3 is 0 Å². The fourth-order valence-electron chi connectivity index (χ4n) is 3.06. The van der Waals surface area contributed by atoms with E-state index in [9.17, 15) is 4.79 Å². The predicted molar refractivity (Wildman–Crippen MR) is 105 cm³/mol. The van der Waals surface area contributed by atoms with E-state index in [4.69, 9.17) is 18.7 Å². The fraction of sp³-hybridized carbons (Fsp3) is 0.286. The number of aromatic nitrogens is 2. The zero-order valence-electron chi connectivity index (χ0n) is 16.3. The van der Waals surface area contributed by atoms with Gasteiger partial charge < -0.3 is 23.6 Å². The van der Waals surface area contributed by atoms with Crippen molar-refractivity contribution in [3.8, 4) is 28.6 Å². The molecule has 0 bridgehead atoms. The molecule has 150 valence electrons. The molecule has 0 unspecified atom stereocenters. The summed E-state index contributed by atoms with van der Waals surface area (Å²) in [6.07, 6.45) is 0.852. The SMILES string of the molecule is CCCN1C(=O)COc2ccc(-c3noc(COc4ccc(OC)cc4)n3)cc21. The first kappa shape index (κ1) is 18.8. The van der Waals surface area contributed by atoms with E-state index >= 15 is 0 Å². The quantitative estimate of drug-likeness (QED) is 0.605. The molecule has 0 saturated carbocycles. The molecule has 0 spiro atoms. The minimum absolute atomic E-state index is 0.0569. The number of amides is 1. The summed E-state index contributed by atoms with van der Waals surface area (Å²) in [4.78, 5) is 18.3. The summed E-state index contributed by atoms with van der Waals surface area (Å²) in [6.45, 7) is 2.86. The van der Waals surface area contributed by atoms with Gasteiger partial charge in [0.2, 0.25) is 5.82 Å². The molecule has 0 N–H and O–H groups in total. The Labute approximate surface area is 168 Å². The lowest BCUT2D eigenvalue weighted by Gasteiger charge is -2.29. The summed E-state index contributed by atoms with van der Waals surface area (Å²) in [5.41, 5.74) is 1.46. The molecule has 1 aliphatic heterocycles. The van der Waals surface area contributed by atoms with Crippen LogP contribution in [0.1, 0.15) is 19.2 Å². The lowest BCUT2D eigenvalue weighted by Crippen LogP contribution is -2.39. The molecule has 4 rings (SSSR count). The average molecular weight is 395 g/mol. The van der Waals surface area contributed by atoms with Crippen LogP contribution in [0.25, 0.3) is 11.4 Å². The fourth-order valence-corrected chi connectivity index (χ4v) is 3.06. The summed E-state index contributed by atoms with van der Waals surface area (Å²) in [5.74, 6) is 2.82. The van der Waals surface area contributed by atoms with Crippen LogP contribution in [-0.4, -0.2) is 36.3 Å². The summed E-state index contributed by atoms with van der Waals surface area (Å²) in [6, 6.07) is 12.8. The van der Waals surface area contributed by atoms with Gasteiger partial charge in [0.25, 0.3) is 11.8 Å². The van der Waals surface area contributed by atoms with Gasteiger partial charge in [0.05, 0.1) is 12.8 Å². The molecule has 0 radical (unpaired) electrons. The van der Waals surface area contributed by atoms with Gasteiger partial charge in [-0.3, -0.25) is 4.79 Å². The smallest absolute Gasteiger partial charge is 0.265 e. The first-order valence-electron chi connectivity index (χ1n) is 9.35. The molecule has 2 heterocycles. The largest absolute Gasteiger partial charge is 0.497 e. The maximum atomic E-state index is 12.2. The molecular formula is C21H21N3O5. The van der Waals surface area contributed by atoms with Crippen molar-refractivity contribution in [2.45, 2.75) is 20.0 Å². The number of hydrogen-bond acceptors (Lipinski definition) is 7. The van der Waals surface area contributed by atoms with Gasteiger partial charge in [0, 0.05) is 12.1 Å². The van der Waals surface area contributed by atoms with Gasteiger partial charge in [0.15, 0.2) is 13.2 Å². The molecule has 8 nitrogen and oxygen atoms in total. The second kappa shape index (κ2) is 8.22. The Bertz CT molecular complexity index is 1000. The first-order valence-corrected chi connectivity index (χ1v) is 9.35. The van der Waals surface area contributed by atoms with Gasteiger partial charge in [-0.1, -0.05) is 12.1 Å². The number of nitrogens with zero attached hydrogens (tertiary/aromatic N) is 3. The molecule has 29 heavy (non-hydrogen) atoms. The molecule has 0 saturated heterocycles. The standard InChI is InChI=1S/C21H21N3O5/c1-3-10-24-17-11-14(4-9-18(17)28-13-20(24)25)21-22-19(29-23-21)12-27-16-7-5-15(26-2)6-8-16/h4-9,11H,3,10,12-13H2,1-2H3. The van der Waals surface area contributed by atoms with Crippen molar-refractivity contribution >= 4 is 11.6 Å². The Morgan fingerprint density at radius 1 is 1.14 bits per heavy atom. The van der Waals surface area contributed by atoms with Crippen LogP contribution < -0.4 is 19.1 Å². The summed E-state index contributed by atoms with van der Waals surface area (Å²) < 4.78 is 21.6. The van der Waals surface area contributed by atoms with Crippen molar-refractivity contribution in [3.63, 3.8) is 0 Å². The van der Waals surface area contributed by atoms with E-state index in [1.165, 1.54) is 0 Å². The van der Waals surface area contributed by atoms with Crippen molar-refractivity contribution in [2.75, 3.05) is 25.2 Å². The van der Waals surface area contributed by atoms with Crippen LogP contribution in [0.2, 0.25) is 0 Å². The highest BCUT2D eigenvalue weighted by Gasteiger charge is 2.25. The van der Waals surface area contributed by atoms with E-state index in [1.807, 2.05) is 37.3 Å². The Morgan fingerprint density at radius 3 is 2.69 bits per heavy atom. The number of methoxy groups -OCH3 is 1. The zero-order chi connectivity index (χ0) is 20.2. The number of benzene rings is 2. The lowest BCUT2D eigenvalue weighted by atomic mass is 10.1. The van der Waals surface area contributed by atoms with Crippen molar-refractivity contribution in [1.82, 2.24) is 10.1 Å². The number of carbonyl (C=O) groups excluding carboxylic acids is 1. The lowest BCUT2D eigenvalue weighted by molar-refractivity contribution is -0.121. The van der Waals surface area contributed by atoms with Gasteiger partial charge in [-0.2, -0.15) is 4.98 Å². The second-order valence-corrected chi connectivity index (χ2v) is 6.49. The van der Waals surface area contributed by atoms with Crippen molar-refractivity contribution < 1.29 is 23.5 Å². The highest BCUT2D eigenvalue weighted by atomic mass is 16.5. The van der Waals surface area contributed by atoms with Crippen LogP contribution in [0.5, 0.6) is 17.2 Å². The van der Waals surface area contributed by atoms with Crippen molar-refractivity contribution in [1.29, 1.82) is 0 Å². The second-order valence-electron chi connectivity index (χ2n) is 6.49. The molecule has 1 aliphatic rings. The highest BCUT2D eigenvalue weighted by Crippen LogP contribution is 2.35. The van der Waals surface area contributed by atoms with Crippen LogP contribution in [0, 0.1) is 0 Å². The molecule has 1 amide bonds. The number of hydrogen-bond donors (Lipinski definition) is 0. The van der Waals surface area contributed by atoms with Gasteiger partial charge in [-0.15, -0.1) is 0 Å². The van der Waals surface area contributed by atoms with E-state index in [0.29, 0.717) is 29.8 Å². The minimum Gasteiger partial charge on any atom is -0.497 e. The van der Waals surface area contributed by atoms with Crippen molar-refractivity contribution in [2.24, 2.45) is 0 Å². The Balaban J connectivity index is 1.49. The normalized spacial score (nSPS) is 13.0. The summed E-state index contributed by atoms with van der Waals surface area (Å²) in [5, 5.41) is 4.03. The van der Waals surface area contributed by atoms with Gasteiger partial charge in [0.1, 0.15) is 17.2 Å².